The van der Waals surface area contributed by atoms with Crippen molar-refractivity contribution in [2.75, 3.05) is 6.54 Å². The number of fused-ring (bicyclic) bond motifs is 1. The second kappa shape index (κ2) is 5.65. The van der Waals surface area contributed by atoms with Crippen LogP contribution < -0.4 is 5.32 Å². The van der Waals surface area contributed by atoms with Crippen LogP contribution in [0.25, 0.3) is 11.4 Å². The maximum Gasteiger partial charge on any atom is 0.230 e. The molecule has 22 heavy (non-hydrogen) atoms. The summed E-state index contributed by atoms with van der Waals surface area (Å²) in [4.78, 5) is 9.22. The molecule has 1 aliphatic heterocycles. The summed E-state index contributed by atoms with van der Waals surface area (Å²) >= 11 is 0. The summed E-state index contributed by atoms with van der Waals surface area (Å²) in [5.74, 6) is 1.83. The lowest BCUT2D eigenvalue weighted by Gasteiger charge is -2.19. The van der Waals surface area contributed by atoms with Gasteiger partial charge in [0.2, 0.25) is 11.7 Å². The fraction of sp³-hybridized carbons (Fsp3) is 0.471. The van der Waals surface area contributed by atoms with Gasteiger partial charge in [-0.2, -0.15) is 4.98 Å². The van der Waals surface area contributed by atoms with Crippen LogP contribution in [0.4, 0.5) is 0 Å². The monoisotopic (exact) mass is 296 g/mol. The molecule has 0 fully saturated rings. The number of nitrogens with one attached hydrogen (secondary N) is 1. The van der Waals surface area contributed by atoms with Gasteiger partial charge in [-0.15, -0.1) is 0 Å². The normalized spacial score (nSPS) is 20.9. The Hall–Kier alpha value is -2.01. The van der Waals surface area contributed by atoms with Gasteiger partial charge in [0.1, 0.15) is 0 Å². The van der Waals surface area contributed by atoms with Crippen molar-refractivity contribution in [2.45, 2.75) is 45.1 Å². The van der Waals surface area contributed by atoms with Crippen LogP contribution in [0.2, 0.25) is 0 Å². The van der Waals surface area contributed by atoms with Crippen LogP contribution in [0.15, 0.2) is 22.9 Å². The number of rotatable bonds is 2. The molecule has 1 atom stereocenters. The molecule has 0 spiro atoms. The highest BCUT2D eigenvalue weighted by Gasteiger charge is 2.24. The molecule has 5 nitrogen and oxygen atoms in total. The highest BCUT2D eigenvalue weighted by atomic mass is 16.5. The molecule has 1 aliphatic carbocycles. The van der Waals surface area contributed by atoms with E-state index in [0.29, 0.717) is 11.7 Å². The summed E-state index contributed by atoms with van der Waals surface area (Å²) in [6.45, 7) is 3.88. The first-order valence-corrected chi connectivity index (χ1v) is 8.00. The SMILES string of the molecule is Cc1ncc2c(c1-c1noc([C@@H]3CC=CCC3)n1)CCNC2. The highest BCUT2D eigenvalue weighted by molar-refractivity contribution is 5.64. The first-order valence-electron chi connectivity index (χ1n) is 8.00. The number of hydrogen-bond donors (Lipinski definition) is 1. The van der Waals surface area contributed by atoms with E-state index in [9.17, 15) is 0 Å². The zero-order chi connectivity index (χ0) is 14.9. The predicted molar refractivity (Wildman–Crippen MR) is 83.4 cm³/mol. The summed E-state index contributed by atoms with van der Waals surface area (Å²) in [5.41, 5.74) is 4.62. The molecular weight excluding hydrogens is 276 g/mol. The van der Waals surface area contributed by atoms with E-state index in [4.69, 9.17) is 9.51 Å². The average Bonchev–Trinajstić information content (AvgIpc) is 3.05. The highest BCUT2D eigenvalue weighted by Crippen LogP contribution is 2.32. The van der Waals surface area contributed by atoms with E-state index in [1.807, 2.05) is 13.1 Å². The molecule has 0 unspecified atom stereocenters. The Morgan fingerprint density at radius 2 is 2.27 bits per heavy atom. The Balaban J connectivity index is 1.73. The standard InChI is InChI=1S/C17H20N4O/c1-11-15(14-7-8-18-9-13(14)10-19-11)16-20-17(22-21-16)12-5-3-2-4-6-12/h2-3,10,12,18H,4-9H2,1H3/t12-/m1/s1. The molecule has 0 saturated heterocycles. The molecule has 1 N–H and O–H groups in total. The third-order valence-corrected chi connectivity index (χ3v) is 4.62. The van der Waals surface area contributed by atoms with E-state index < -0.39 is 0 Å². The summed E-state index contributed by atoms with van der Waals surface area (Å²) in [5, 5.41) is 7.64. The lowest BCUT2D eigenvalue weighted by molar-refractivity contribution is 0.344. The number of aryl methyl sites for hydroxylation is 1. The molecule has 5 heteroatoms. The van der Waals surface area contributed by atoms with Gasteiger partial charge < -0.3 is 9.84 Å². The third-order valence-electron chi connectivity index (χ3n) is 4.62. The summed E-state index contributed by atoms with van der Waals surface area (Å²) < 4.78 is 5.57. The number of allylic oxidation sites excluding steroid dienone is 2. The molecule has 2 aromatic heterocycles. The Morgan fingerprint density at radius 1 is 1.32 bits per heavy atom. The largest absolute Gasteiger partial charge is 0.339 e. The quantitative estimate of drug-likeness (QED) is 0.863. The second-order valence-corrected chi connectivity index (χ2v) is 6.09. The number of hydrogen-bond acceptors (Lipinski definition) is 5. The van der Waals surface area contributed by atoms with Gasteiger partial charge in [-0.25, -0.2) is 0 Å². The molecule has 114 valence electrons. The Labute approximate surface area is 129 Å². The van der Waals surface area contributed by atoms with Crippen molar-refractivity contribution in [3.8, 4) is 11.4 Å². The number of nitrogens with zero attached hydrogens (tertiary/aromatic N) is 3. The topological polar surface area (TPSA) is 63.8 Å². The molecule has 0 bridgehead atoms. The Morgan fingerprint density at radius 3 is 3.14 bits per heavy atom. The lowest BCUT2D eigenvalue weighted by atomic mass is 9.94. The van der Waals surface area contributed by atoms with Crippen molar-refractivity contribution in [3.63, 3.8) is 0 Å². The third kappa shape index (κ3) is 2.35. The van der Waals surface area contributed by atoms with Gasteiger partial charge in [0, 0.05) is 29.9 Å². The van der Waals surface area contributed by atoms with E-state index in [1.54, 1.807) is 0 Å². The van der Waals surface area contributed by atoms with Crippen LogP contribution in [-0.4, -0.2) is 21.7 Å². The van der Waals surface area contributed by atoms with Crippen LogP contribution in [0.1, 0.15) is 47.9 Å². The van der Waals surface area contributed by atoms with Gasteiger partial charge in [-0.3, -0.25) is 4.98 Å². The van der Waals surface area contributed by atoms with Crippen LogP contribution in [0, 0.1) is 6.92 Å². The van der Waals surface area contributed by atoms with Crippen molar-refractivity contribution in [3.05, 3.63) is 41.1 Å². The van der Waals surface area contributed by atoms with Crippen molar-refractivity contribution >= 4 is 0 Å². The van der Waals surface area contributed by atoms with Crippen molar-refractivity contribution in [2.24, 2.45) is 0 Å². The van der Waals surface area contributed by atoms with Crippen LogP contribution >= 0.6 is 0 Å². The van der Waals surface area contributed by atoms with Gasteiger partial charge in [0.05, 0.1) is 0 Å². The smallest absolute Gasteiger partial charge is 0.230 e. The lowest BCUT2D eigenvalue weighted by Crippen LogP contribution is -2.24. The summed E-state index contributed by atoms with van der Waals surface area (Å²) in [6, 6.07) is 0. The van der Waals surface area contributed by atoms with Crippen LogP contribution in [0.3, 0.4) is 0 Å². The average molecular weight is 296 g/mol. The first kappa shape index (κ1) is 13.6. The molecule has 4 rings (SSSR count). The molecular formula is C17H20N4O. The molecule has 0 amide bonds. The molecule has 0 aromatic carbocycles. The van der Waals surface area contributed by atoms with Crippen LogP contribution in [0.5, 0.6) is 0 Å². The summed E-state index contributed by atoms with van der Waals surface area (Å²) in [6.07, 6.45) is 10.6. The van der Waals surface area contributed by atoms with Gasteiger partial charge >= 0.3 is 0 Å². The van der Waals surface area contributed by atoms with Crippen molar-refractivity contribution < 1.29 is 4.52 Å². The zero-order valence-electron chi connectivity index (χ0n) is 12.8. The maximum atomic E-state index is 5.57. The maximum absolute atomic E-state index is 5.57. The van der Waals surface area contributed by atoms with E-state index in [1.165, 1.54) is 11.1 Å². The second-order valence-electron chi connectivity index (χ2n) is 6.09. The Bertz CT molecular complexity index is 719. The fourth-order valence-corrected chi connectivity index (χ4v) is 3.39. The van der Waals surface area contributed by atoms with Gasteiger partial charge in [-0.1, -0.05) is 17.3 Å². The minimum absolute atomic E-state index is 0.362. The fourth-order valence-electron chi connectivity index (χ4n) is 3.39. The van der Waals surface area contributed by atoms with Gasteiger partial charge in [-0.05, 0) is 50.3 Å². The van der Waals surface area contributed by atoms with E-state index in [0.717, 1.165) is 55.9 Å². The number of aromatic nitrogens is 3. The summed E-state index contributed by atoms with van der Waals surface area (Å²) in [7, 11) is 0. The molecule has 2 aromatic rings. The minimum atomic E-state index is 0.362. The molecule has 3 heterocycles. The van der Waals surface area contributed by atoms with E-state index in [-0.39, 0.29) is 0 Å². The van der Waals surface area contributed by atoms with Crippen LogP contribution in [-0.2, 0) is 13.0 Å². The molecule has 0 saturated carbocycles. The van der Waals surface area contributed by atoms with E-state index >= 15 is 0 Å². The van der Waals surface area contributed by atoms with Crippen molar-refractivity contribution in [1.29, 1.82) is 0 Å². The van der Waals surface area contributed by atoms with Gasteiger partial charge in [0.25, 0.3) is 0 Å². The predicted octanol–water partition coefficient (Wildman–Crippen LogP) is 2.91. The van der Waals surface area contributed by atoms with Gasteiger partial charge in [0.15, 0.2) is 0 Å². The van der Waals surface area contributed by atoms with E-state index in [2.05, 4.69) is 27.6 Å². The molecule has 0 radical (unpaired) electrons. The first-order chi connectivity index (χ1) is 10.8. The Kier molecular flexibility index (Phi) is 3.50. The zero-order valence-corrected chi connectivity index (χ0v) is 12.8. The van der Waals surface area contributed by atoms with Crippen molar-refractivity contribution in [1.82, 2.24) is 20.4 Å². The number of pyridine rings is 1. The molecule has 2 aliphatic rings. The minimum Gasteiger partial charge on any atom is -0.339 e.